The van der Waals surface area contributed by atoms with Gasteiger partial charge in [0, 0.05) is 21.9 Å². The Morgan fingerprint density at radius 1 is 0.436 bits per heavy atom. The standard InChI is InChI=1S/C38H24O/c1-2-12-25(13-3-1)26-14-10-15-27(24-26)36-29-17-4-6-19-31(29)37(32-20-7-5-18-30(32)36)34-22-11-21-33-28-16-8-9-23-35(28)39-38(33)34/h1-24H/i1D,2D,3D,8D,9D,10D,11D,12D,13D,14D,15D,16D,21D,22D,23D,24D. The molecular formula is C38H24O. The molecule has 1 nitrogen and oxygen atoms in total. The summed E-state index contributed by atoms with van der Waals surface area (Å²) < 4.78 is 145. The first-order valence-electron chi connectivity index (χ1n) is 20.1. The van der Waals surface area contributed by atoms with Gasteiger partial charge >= 0.3 is 0 Å². The second-order valence-corrected chi connectivity index (χ2v) is 8.85. The molecule has 8 rings (SSSR count). The Morgan fingerprint density at radius 2 is 1.00 bits per heavy atom. The summed E-state index contributed by atoms with van der Waals surface area (Å²) in [5.74, 6) is 0. The molecule has 8 aromatic rings. The van der Waals surface area contributed by atoms with Crippen molar-refractivity contribution in [2.24, 2.45) is 0 Å². The van der Waals surface area contributed by atoms with Crippen molar-refractivity contribution in [2.75, 3.05) is 0 Å². The molecule has 0 aliphatic carbocycles. The van der Waals surface area contributed by atoms with Crippen molar-refractivity contribution in [3.05, 3.63) is 145 Å². The zero-order valence-electron chi connectivity index (χ0n) is 36.0. The second-order valence-electron chi connectivity index (χ2n) is 8.85. The Morgan fingerprint density at radius 3 is 1.74 bits per heavy atom. The highest BCUT2D eigenvalue weighted by atomic mass is 16.3. The minimum atomic E-state index is -0.693. The van der Waals surface area contributed by atoms with Crippen LogP contribution in [0.3, 0.4) is 0 Å². The highest BCUT2D eigenvalue weighted by Gasteiger charge is 2.20. The third kappa shape index (κ3) is 3.41. The number of hydrogen-bond acceptors (Lipinski definition) is 1. The zero-order valence-corrected chi connectivity index (χ0v) is 20.0. The largest absolute Gasteiger partial charge is 0.455 e. The summed E-state index contributed by atoms with van der Waals surface area (Å²) in [6, 6.07) is 4.19. The first-order valence-corrected chi connectivity index (χ1v) is 12.1. The molecule has 0 saturated carbocycles. The molecule has 0 N–H and O–H groups in total. The minimum Gasteiger partial charge on any atom is -0.455 e. The van der Waals surface area contributed by atoms with Gasteiger partial charge in [-0.3, -0.25) is 0 Å². The fraction of sp³-hybridized carbons (Fsp3) is 0. The van der Waals surface area contributed by atoms with Crippen molar-refractivity contribution >= 4 is 43.5 Å². The summed E-state index contributed by atoms with van der Waals surface area (Å²) in [4.78, 5) is 0. The van der Waals surface area contributed by atoms with Gasteiger partial charge in [-0.05, 0) is 55.9 Å². The monoisotopic (exact) mass is 512 g/mol. The minimum absolute atomic E-state index is 0.0164. The molecule has 1 heteroatoms. The van der Waals surface area contributed by atoms with Gasteiger partial charge in [-0.1, -0.05) is 133 Å². The summed E-state index contributed by atoms with van der Waals surface area (Å²) in [7, 11) is 0. The Kier molecular flexibility index (Phi) is 2.53. The van der Waals surface area contributed by atoms with Crippen LogP contribution in [0.15, 0.2) is 150 Å². The van der Waals surface area contributed by atoms with E-state index in [0.29, 0.717) is 27.1 Å². The van der Waals surface area contributed by atoms with Crippen LogP contribution in [0.4, 0.5) is 0 Å². The van der Waals surface area contributed by atoms with E-state index in [9.17, 15) is 2.74 Å². The van der Waals surface area contributed by atoms with E-state index in [0.717, 1.165) is 0 Å². The van der Waals surface area contributed by atoms with E-state index in [2.05, 4.69) is 0 Å². The lowest BCUT2D eigenvalue weighted by atomic mass is 9.85. The Bertz CT molecular complexity index is 2970. The van der Waals surface area contributed by atoms with E-state index in [1.54, 1.807) is 48.5 Å². The first kappa shape index (κ1) is 11.3. The Hall–Kier alpha value is -5.14. The highest BCUT2D eigenvalue weighted by Crippen LogP contribution is 2.46. The van der Waals surface area contributed by atoms with E-state index in [1.807, 2.05) is 0 Å². The van der Waals surface area contributed by atoms with Crippen molar-refractivity contribution < 1.29 is 26.3 Å². The molecule has 0 radical (unpaired) electrons. The van der Waals surface area contributed by atoms with Crippen LogP contribution >= 0.6 is 0 Å². The van der Waals surface area contributed by atoms with Gasteiger partial charge in [-0.25, -0.2) is 0 Å². The average Bonchev–Trinajstić information content (AvgIpc) is 3.58. The van der Waals surface area contributed by atoms with Gasteiger partial charge < -0.3 is 4.42 Å². The van der Waals surface area contributed by atoms with Crippen LogP contribution in [0.25, 0.3) is 76.9 Å². The lowest BCUT2D eigenvalue weighted by Gasteiger charge is -2.18. The number of furan rings is 1. The first-order chi connectivity index (χ1) is 26.0. The number of rotatable bonds is 3. The topological polar surface area (TPSA) is 13.1 Å². The zero-order chi connectivity index (χ0) is 39.7. The van der Waals surface area contributed by atoms with Crippen LogP contribution in [-0.2, 0) is 0 Å². The summed E-state index contributed by atoms with van der Waals surface area (Å²) >= 11 is 0. The van der Waals surface area contributed by atoms with Crippen LogP contribution in [0.1, 0.15) is 21.9 Å². The van der Waals surface area contributed by atoms with Crippen molar-refractivity contribution in [2.45, 2.75) is 0 Å². The van der Waals surface area contributed by atoms with Crippen LogP contribution in [-0.4, -0.2) is 0 Å². The third-order valence-corrected chi connectivity index (χ3v) is 6.74. The highest BCUT2D eigenvalue weighted by molar-refractivity contribution is 6.24. The Balaban J connectivity index is 1.58. The molecule has 0 aliphatic heterocycles. The predicted octanol–water partition coefficient (Wildman–Crippen LogP) is 10.9. The number of benzene rings is 7. The third-order valence-electron chi connectivity index (χ3n) is 6.74. The van der Waals surface area contributed by atoms with E-state index in [4.69, 9.17) is 23.6 Å². The SMILES string of the molecule is [2H]c1c([2H])c([2H])c(-c2c([2H])c([2H])c([2H])c(-c3c4ccccc4c(-c4c([2H])c([2H])c([2H])c5c4oc4c([2H])c([2H])c([2H])c([2H])c45)c4ccccc34)c2[2H])c([2H])c1[2H]. The Labute approximate surface area is 249 Å². The number of hydrogen-bond donors (Lipinski definition) is 0. The van der Waals surface area contributed by atoms with Gasteiger partial charge in [0.1, 0.15) is 11.2 Å². The molecule has 0 amide bonds. The van der Waals surface area contributed by atoms with Crippen LogP contribution in [0.2, 0.25) is 0 Å². The molecule has 0 fully saturated rings. The van der Waals surface area contributed by atoms with E-state index in [-0.39, 0.29) is 38.6 Å². The average molecular weight is 513 g/mol. The maximum atomic E-state index is 9.47. The molecule has 182 valence electrons. The van der Waals surface area contributed by atoms with Gasteiger partial charge in [0.15, 0.2) is 0 Å². The molecule has 0 atom stereocenters. The maximum Gasteiger partial charge on any atom is 0.143 e. The molecule has 0 spiro atoms. The van der Waals surface area contributed by atoms with E-state index < -0.39 is 108 Å². The van der Waals surface area contributed by atoms with E-state index >= 15 is 0 Å². The molecule has 1 aromatic heterocycles. The number of para-hydroxylation sites is 2. The number of fused-ring (bicyclic) bond motifs is 5. The molecule has 0 bridgehead atoms. The molecule has 7 aromatic carbocycles. The van der Waals surface area contributed by atoms with Gasteiger partial charge in [-0.15, -0.1) is 0 Å². The molecule has 0 saturated heterocycles. The van der Waals surface area contributed by atoms with Gasteiger partial charge in [-0.2, -0.15) is 0 Å². The lowest BCUT2D eigenvalue weighted by molar-refractivity contribution is 0.670. The summed E-state index contributed by atoms with van der Waals surface area (Å²) in [6.45, 7) is 0. The smallest absolute Gasteiger partial charge is 0.143 e. The van der Waals surface area contributed by atoms with Gasteiger partial charge in [0.25, 0.3) is 0 Å². The fourth-order valence-corrected chi connectivity index (χ4v) is 5.14. The quantitative estimate of drug-likeness (QED) is 0.215. The molecular weight excluding hydrogens is 472 g/mol. The molecule has 1 heterocycles. The maximum absolute atomic E-state index is 9.47. The van der Waals surface area contributed by atoms with Crippen LogP contribution in [0, 0.1) is 0 Å². The van der Waals surface area contributed by atoms with Gasteiger partial charge in [0.2, 0.25) is 0 Å². The van der Waals surface area contributed by atoms with Crippen molar-refractivity contribution in [3.8, 4) is 33.4 Å². The summed E-state index contributed by atoms with van der Waals surface area (Å²) in [5.41, 5.74) is -0.832. The predicted molar refractivity (Wildman–Crippen MR) is 165 cm³/mol. The van der Waals surface area contributed by atoms with Crippen molar-refractivity contribution in [1.29, 1.82) is 0 Å². The van der Waals surface area contributed by atoms with Crippen LogP contribution < -0.4 is 0 Å². The van der Waals surface area contributed by atoms with Crippen molar-refractivity contribution in [1.82, 2.24) is 0 Å². The summed E-state index contributed by atoms with van der Waals surface area (Å²) in [5, 5.41) is 1.35. The van der Waals surface area contributed by atoms with Crippen LogP contribution in [0.5, 0.6) is 0 Å². The van der Waals surface area contributed by atoms with E-state index in [1.165, 1.54) is 0 Å². The summed E-state index contributed by atoms with van der Waals surface area (Å²) in [6.07, 6.45) is 0. The molecule has 0 unspecified atom stereocenters. The lowest BCUT2D eigenvalue weighted by Crippen LogP contribution is -1.91. The fourth-order valence-electron chi connectivity index (χ4n) is 5.14. The molecule has 0 aliphatic rings. The normalized spacial score (nSPS) is 17.3. The van der Waals surface area contributed by atoms with Gasteiger partial charge in [0.05, 0.1) is 21.9 Å². The molecule has 39 heavy (non-hydrogen) atoms. The second kappa shape index (κ2) is 8.72. The van der Waals surface area contributed by atoms with Crippen molar-refractivity contribution in [3.63, 3.8) is 0 Å².